The third-order valence-corrected chi connectivity index (χ3v) is 6.03. The van der Waals surface area contributed by atoms with Gasteiger partial charge < -0.3 is 24.7 Å². The molecule has 2 fully saturated rings. The number of carbonyl (C=O) groups is 1. The minimum absolute atomic E-state index is 0.134. The molecule has 10 nitrogen and oxygen atoms in total. The molecule has 2 N–H and O–H groups in total. The number of carbonyl (C=O) groups excluding carboxylic acids is 1. The van der Waals surface area contributed by atoms with Crippen molar-refractivity contribution in [3.63, 3.8) is 0 Å². The van der Waals surface area contributed by atoms with Crippen LogP contribution in [0.15, 0.2) is 43.0 Å². The topological polar surface area (TPSA) is 118 Å². The molecule has 6 rings (SSSR count). The number of nitrogens with zero attached hydrogens (tertiary/aromatic N) is 5. The molecule has 0 spiro atoms. The van der Waals surface area contributed by atoms with E-state index >= 15 is 0 Å². The molecule has 0 radical (unpaired) electrons. The Morgan fingerprint density at radius 2 is 2.09 bits per heavy atom. The van der Waals surface area contributed by atoms with Gasteiger partial charge in [0.1, 0.15) is 24.2 Å². The van der Waals surface area contributed by atoms with Gasteiger partial charge in [-0.15, -0.1) is 0 Å². The molecule has 10 heteroatoms. The molecule has 1 amide bonds. The highest BCUT2D eigenvalue weighted by molar-refractivity contribution is 5.86. The Labute approximate surface area is 189 Å². The van der Waals surface area contributed by atoms with Crippen molar-refractivity contribution in [1.82, 2.24) is 30.2 Å². The number of amides is 1. The second-order valence-electron chi connectivity index (χ2n) is 8.38. The molecule has 4 aromatic rings. The number of ether oxygens (including phenoxy) is 2. The Bertz CT molecular complexity index is 1320. The van der Waals surface area contributed by atoms with Crippen molar-refractivity contribution >= 4 is 34.0 Å². The zero-order chi connectivity index (χ0) is 22.2. The van der Waals surface area contributed by atoms with Gasteiger partial charge in [0.25, 0.3) is 0 Å². The molecule has 1 aromatic carbocycles. The van der Waals surface area contributed by atoms with E-state index in [0.29, 0.717) is 17.9 Å². The standard InChI is InChI=1S/C23H23N7O3/c31-23(28-14-7-8-14)33-19-10-18(16-5-1-2-6-17(16)29-19)32-11-15-4-3-9-30(15)22-20-21(25-12-24-20)26-13-27-22/h1-2,5-6,10,12-15H,3-4,7-9,11H2,(H,28,31)(H,24,25,26,27)/t15-/m1/s1. The first-order valence-corrected chi connectivity index (χ1v) is 11.2. The van der Waals surface area contributed by atoms with Crippen LogP contribution in [-0.2, 0) is 0 Å². The molecule has 3 aromatic heterocycles. The van der Waals surface area contributed by atoms with Crippen LogP contribution in [0.4, 0.5) is 10.6 Å². The molecule has 168 valence electrons. The lowest BCUT2D eigenvalue weighted by Gasteiger charge is -2.26. The Balaban J connectivity index is 1.24. The summed E-state index contributed by atoms with van der Waals surface area (Å²) in [5.41, 5.74) is 2.19. The predicted octanol–water partition coefficient (Wildman–Crippen LogP) is 3.20. The van der Waals surface area contributed by atoms with E-state index in [-0.39, 0.29) is 18.0 Å². The van der Waals surface area contributed by atoms with Crippen molar-refractivity contribution in [1.29, 1.82) is 0 Å². The highest BCUT2D eigenvalue weighted by atomic mass is 16.6. The summed E-state index contributed by atoms with van der Waals surface area (Å²) in [5.74, 6) is 1.67. The first-order chi connectivity index (χ1) is 16.2. The molecule has 0 bridgehead atoms. The molecule has 4 heterocycles. The fourth-order valence-corrected chi connectivity index (χ4v) is 4.25. The number of benzene rings is 1. The summed E-state index contributed by atoms with van der Waals surface area (Å²) in [6.07, 6.45) is 6.70. The Kier molecular flexibility index (Phi) is 4.89. The summed E-state index contributed by atoms with van der Waals surface area (Å²) in [6, 6.07) is 9.70. The third-order valence-electron chi connectivity index (χ3n) is 6.03. The lowest BCUT2D eigenvalue weighted by Crippen LogP contribution is -2.35. The lowest BCUT2D eigenvalue weighted by atomic mass is 10.2. The second kappa shape index (κ2) is 8.19. The number of fused-ring (bicyclic) bond motifs is 2. The van der Waals surface area contributed by atoms with E-state index in [2.05, 4.69) is 35.1 Å². The summed E-state index contributed by atoms with van der Waals surface area (Å²) < 4.78 is 11.7. The monoisotopic (exact) mass is 445 g/mol. The molecule has 1 aliphatic carbocycles. The van der Waals surface area contributed by atoms with Crippen LogP contribution in [-0.4, -0.2) is 56.2 Å². The minimum Gasteiger partial charge on any atom is -0.491 e. The zero-order valence-electron chi connectivity index (χ0n) is 17.9. The van der Waals surface area contributed by atoms with Gasteiger partial charge in [0.2, 0.25) is 5.88 Å². The molecule has 0 unspecified atom stereocenters. The van der Waals surface area contributed by atoms with E-state index in [1.165, 1.54) is 0 Å². The number of hydrogen-bond donors (Lipinski definition) is 2. The maximum atomic E-state index is 12.1. The smallest absolute Gasteiger partial charge is 0.414 e. The third kappa shape index (κ3) is 3.99. The highest BCUT2D eigenvalue weighted by Gasteiger charge is 2.29. The van der Waals surface area contributed by atoms with Gasteiger partial charge in [0.05, 0.1) is 17.9 Å². The van der Waals surface area contributed by atoms with Crippen molar-refractivity contribution < 1.29 is 14.3 Å². The van der Waals surface area contributed by atoms with Crippen LogP contribution in [0.2, 0.25) is 0 Å². The first kappa shape index (κ1) is 19.7. The molecule has 33 heavy (non-hydrogen) atoms. The fourth-order valence-electron chi connectivity index (χ4n) is 4.25. The van der Waals surface area contributed by atoms with E-state index in [9.17, 15) is 4.79 Å². The van der Waals surface area contributed by atoms with Gasteiger partial charge in [-0.3, -0.25) is 0 Å². The highest BCUT2D eigenvalue weighted by Crippen LogP contribution is 2.32. The normalized spacial score (nSPS) is 18.1. The van der Waals surface area contributed by atoms with Crippen LogP contribution < -0.4 is 19.7 Å². The van der Waals surface area contributed by atoms with Crippen molar-refractivity contribution in [3.8, 4) is 11.6 Å². The number of hydrogen-bond acceptors (Lipinski definition) is 8. The number of nitrogens with one attached hydrogen (secondary N) is 2. The van der Waals surface area contributed by atoms with E-state index in [4.69, 9.17) is 9.47 Å². The summed E-state index contributed by atoms with van der Waals surface area (Å²) in [6.45, 7) is 1.33. The Hall–Kier alpha value is -3.95. The SMILES string of the molecule is O=C(NC1CC1)Oc1cc(OC[C@H]2CCCN2c2ncnc3[nH]cnc23)c2ccccc2n1. The van der Waals surface area contributed by atoms with Gasteiger partial charge >= 0.3 is 6.09 Å². The van der Waals surface area contributed by atoms with Gasteiger partial charge in [-0.05, 0) is 37.8 Å². The van der Waals surface area contributed by atoms with Crippen LogP contribution in [0.1, 0.15) is 25.7 Å². The Morgan fingerprint density at radius 1 is 1.18 bits per heavy atom. The number of rotatable bonds is 6. The molecular formula is C23H23N7O3. The lowest BCUT2D eigenvalue weighted by molar-refractivity contribution is 0.198. The van der Waals surface area contributed by atoms with Gasteiger partial charge in [0, 0.05) is 24.0 Å². The van der Waals surface area contributed by atoms with Gasteiger partial charge in [0.15, 0.2) is 11.5 Å². The molecule has 1 saturated carbocycles. The fraction of sp³-hybridized carbons (Fsp3) is 0.348. The summed E-state index contributed by atoms with van der Waals surface area (Å²) in [7, 11) is 0. The maximum absolute atomic E-state index is 12.1. The van der Waals surface area contributed by atoms with E-state index in [1.807, 2.05) is 24.3 Å². The largest absolute Gasteiger partial charge is 0.491 e. The molecule has 1 atom stereocenters. The summed E-state index contributed by atoms with van der Waals surface area (Å²) >= 11 is 0. The molecule has 2 aliphatic rings. The average Bonchev–Trinajstić information content (AvgIpc) is 3.31. The number of H-pyrrole nitrogens is 1. The predicted molar refractivity (Wildman–Crippen MR) is 121 cm³/mol. The zero-order valence-corrected chi connectivity index (χ0v) is 17.9. The van der Waals surface area contributed by atoms with Crippen molar-refractivity contribution in [2.24, 2.45) is 0 Å². The number of aromatic nitrogens is 5. The van der Waals surface area contributed by atoms with Crippen LogP contribution in [0.5, 0.6) is 11.6 Å². The van der Waals surface area contributed by atoms with Gasteiger partial charge in [-0.2, -0.15) is 0 Å². The minimum atomic E-state index is -0.486. The van der Waals surface area contributed by atoms with Crippen LogP contribution >= 0.6 is 0 Å². The van der Waals surface area contributed by atoms with Crippen molar-refractivity contribution in [3.05, 3.63) is 43.0 Å². The summed E-state index contributed by atoms with van der Waals surface area (Å²) in [4.78, 5) is 35.0. The van der Waals surface area contributed by atoms with Crippen LogP contribution in [0.25, 0.3) is 22.1 Å². The van der Waals surface area contributed by atoms with Crippen molar-refractivity contribution in [2.45, 2.75) is 37.8 Å². The Morgan fingerprint density at radius 3 is 3.00 bits per heavy atom. The van der Waals surface area contributed by atoms with Gasteiger partial charge in [-0.25, -0.2) is 24.7 Å². The number of para-hydroxylation sites is 1. The quantitative estimate of drug-likeness (QED) is 0.465. The van der Waals surface area contributed by atoms with E-state index in [0.717, 1.165) is 54.6 Å². The number of anilines is 1. The van der Waals surface area contributed by atoms with E-state index < -0.39 is 6.09 Å². The number of aromatic amines is 1. The van der Waals surface area contributed by atoms with Crippen LogP contribution in [0, 0.1) is 0 Å². The van der Waals surface area contributed by atoms with Gasteiger partial charge in [-0.1, -0.05) is 12.1 Å². The molecular weight excluding hydrogens is 422 g/mol. The molecule has 1 aliphatic heterocycles. The number of imidazole rings is 1. The number of pyridine rings is 1. The first-order valence-electron chi connectivity index (χ1n) is 11.2. The maximum Gasteiger partial charge on any atom is 0.414 e. The molecule has 1 saturated heterocycles. The van der Waals surface area contributed by atoms with Crippen molar-refractivity contribution in [2.75, 3.05) is 18.1 Å². The summed E-state index contributed by atoms with van der Waals surface area (Å²) in [5, 5.41) is 3.68. The van der Waals surface area contributed by atoms with Crippen LogP contribution in [0.3, 0.4) is 0 Å². The second-order valence-corrected chi connectivity index (χ2v) is 8.38. The van der Waals surface area contributed by atoms with E-state index in [1.54, 1.807) is 18.7 Å². The average molecular weight is 445 g/mol.